The molecular weight excluding hydrogens is 322 g/mol. The first-order valence-corrected chi connectivity index (χ1v) is 8.33. The van der Waals surface area contributed by atoms with Crippen LogP contribution in [-0.2, 0) is 16.6 Å². The Balaban J connectivity index is 2.40. The molecule has 1 aromatic heterocycles. The second kappa shape index (κ2) is 6.44. The molecule has 2 rings (SSSR count). The quantitative estimate of drug-likeness (QED) is 0.931. The Morgan fingerprint density at radius 1 is 1.27 bits per heavy atom. The smallest absolute Gasteiger partial charge is 0.237 e. The molecule has 1 heterocycles. The molecule has 0 aliphatic heterocycles. The number of nitrogens with zero attached hydrogens (tertiary/aromatic N) is 2. The molecule has 0 fully saturated rings. The molecule has 114 valence electrons. The molecule has 0 unspecified atom stereocenters. The number of hydrogen-bond acceptors (Lipinski definition) is 4. The fraction of sp³-hybridized carbons (Fsp3) is 0.200. The molecule has 1 aromatic carbocycles. The van der Waals surface area contributed by atoms with Gasteiger partial charge in [-0.05, 0) is 25.0 Å². The van der Waals surface area contributed by atoms with Crippen molar-refractivity contribution in [3.63, 3.8) is 0 Å². The Bertz CT molecular complexity index is 843. The van der Waals surface area contributed by atoms with Crippen molar-refractivity contribution in [3.8, 4) is 6.07 Å². The molecule has 2 aromatic rings. The van der Waals surface area contributed by atoms with Crippen molar-refractivity contribution in [2.75, 3.05) is 0 Å². The van der Waals surface area contributed by atoms with Gasteiger partial charge in [0.05, 0.1) is 16.3 Å². The Hall–Kier alpha value is -1.94. The van der Waals surface area contributed by atoms with Crippen molar-refractivity contribution in [1.29, 1.82) is 5.26 Å². The van der Waals surface area contributed by atoms with Gasteiger partial charge in [0.1, 0.15) is 6.07 Å². The van der Waals surface area contributed by atoms with E-state index in [0.29, 0.717) is 16.3 Å². The number of nitrogens with one attached hydrogen (secondary N) is 1. The third-order valence-electron chi connectivity index (χ3n) is 3.18. The largest absolute Gasteiger partial charge is 0.259 e. The lowest BCUT2D eigenvalue weighted by atomic mass is 10.1. The zero-order valence-corrected chi connectivity index (χ0v) is 13.7. The first-order valence-electron chi connectivity index (χ1n) is 6.47. The topological polar surface area (TPSA) is 82.8 Å². The highest BCUT2D eigenvalue weighted by molar-refractivity contribution is 7.89. The third-order valence-corrected chi connectivity index (χ3v) is 5.07. The van der Waals surface area contributed by atoms with Gasteiger partial charge in [0.25, 0.3) is 10.0 Å². The van der Waals surface area contributed by atoms with Crippen molar-refractivity contribution in [2.24, 2.45) is 0 Å². The van der Waals surface area contributed by atoms with Crippen LogP contribution in [0, 0.1) is 25.2 Å². The van der Waals surface area contributed by atoms with Gasteiger partial charge in [0, 0.05) is 6.54 Å². The van der Waals surface area contributed by atoms with Crippen molar-refractivity contribution in [3.05, 3.63) is 57.7 Å². The number of rotatable bonds is 4. The van der Waals surface area contributed by atoms with Gasteiger partial charge < -0.3 is 0 Å². The lowest BCUT2D eigenvalue weighted by molar-refractivity contribution is 0.576. The first kappa shape index (κ1) is 16.4. The Kier molecular flexibility index (Phi) is 4.81. The lowest BCUT2D eigenvalue weighted by Crippen LogP contribution is -2.25. The van der Waals surface area contributed by atoms with Crippen LogP contribution in [0.25, 0.3) is 0 Å². The van der Waals surface area contributed by atoms with Crippen LogP contribution in [0.15, 0.2) is 35.4 Å². The van der Waals surface area contributed by atoms with Crippen LogP contribution in [0.4, 0.5) is 0 Å². The van der Waals surface area contributed by atoms with E-state index < -0.39 is 10.0 Å². The Morgan fingerprint density at radius 2 is 1.91 bits per heavy atom. The van der Waals surface area contributed by atoms with Crippen molar-refractivity contribution in [1.82, 2.24) is 9.71 Å². The molecule has 1 N–H and O–H groups in total. The van der Waals surface area contributed by atoms with E-state index in [9.17, 15) is 13.7 Å². The van der Waals surface area contributed by atoms with Gasteiger partial charge in [-0.15, -0.1) is 0 Å². The van der Waals surface area contributed by atoms with Crippen LogP contribution in [0.1, 0.15) is 22.4 Å². The number of hydrogen-bond donors (Lipinski definition) is 1. The lowest BCUT2D eigenvalue weighted by Gasteiger charge is -2.11. The molecule has 0 aliphatic rings. The highest BCUT2D eigenvalue weighted by Gasteiger charge is 2.24. The number of aromatic nitrogens is 1. The third kappa shape index (κ3) is 3.28. The van der Waals surface area contributed by atoms with E-state index in [2.05, 4.69) is 9.71 Å². The minimum atomic E-state index is -3.91. The highest BCUT2D eigenvalue weighted by atomic mass is 35.5. The summed E-state index contributed by atoms with van der Waals surface area (Å²) in [7, 11) is -3.91. The SMILES string of the molecule is Cc1nc(S(=O)(=O)NCc2ccccc2)c(C#N)c(C)c1Cl. The molecule has 0 aliphatic carbocycles. The van der Waals surface area contributed by atoms with Gasteiger partial charge in [-0.3, -0.25) is 0 Å². The predicted molar refractivity (Wildman–Crippen MR) is 83.9 cm³/mol. The van der Waals surface area contributed by atoms with Crippen LogP contribution in [0.2, 0.25) is 5.02 Å². The summed E-state index contributed by atoms with van der Waals surface area (Å²) in [5.41, 5.74) is 1.57. The summed E-state index contributed by atoms with van der Waals surface area (Å²) >= 11 is 6.03. The number of pyridine rings is 1. The van der Waals surface area contributed by atoms with E-state index in [4.69, 9.17) is 11.6 Å². The van der Waals surface area contributed by atoms with Gasteiger partial charge in [-0.2, -0.15) is 5.26 Å². The molecule has 0 spiro atoms. The van der Waals surface area contributed by atoms with Gasteiger partial charge in [0.2, 0.25) is 0 Å². The van der Waals surface area contributed by atoms with E-state index in [1.54, 1.807) is 26.0 Å². The minimum absolute atomic E-state index is 0.0313. The van der Waals surface area contributed by atoms with Crippen LogP contribution in [-0.4, -0.2) is 13.4 Å². The molecule has 0 bridgehead atoms. The summed E-state index contributed by atoms with van der Waals surface area (Å²) < 4.78 is 27.3. The Labute approximate surface area is 134 Å². The monoisotopic (exact) mass is 335 g/mol. The van der Waals surface area contributed by atoms with Gasteiger partial charge >= 0.3 is 0 Å². The molecule has 22 heavy (non-hydrogen) atoms. The fourth-order valence-corrected chi connectivity index (χ4v) is 3.32. The highest BCUT2D eigenvalue weighted by Crippen LogP contribution is 2.26. The molecule has 0 radical (unpaired) electrons. The van der Waals surface area contributed by atoms with E-state index in [1.807, 2.05) is 24.3 Å². The number of benzene rings is 1. The second-order valence-electron chi connectivity index (χ2n) is 4.74. The maximum absolute atomic E-state index is 12.4. The van der Waals surface area contributed by atoms with Crippen LogP contribution >= 0.6 is 11.6 Å². The van der Waals surface area contributed by atoms with E-state index in [1.165, 1.54) is 0 Å². The van der Waals surface area contributed by atoms with E-state index in [0.717, 1.165) is 5.56 Å². The van der Waals surface area contributed by atoms with Crippen molar-refractivity contribution < 1.29 is 8.42 Å². The van der Waals surface area contributed by atoms with Crippen LogP contribution in [0.5, 0.6) is 0 Å². The standard InChI is InChI=1S/C15H14ClN3O2S/c1-10-13(8-17)15(19-11(2)14(10)16)22(20,21)18-9-12-6-4-3-5-7-12/h3-7,18H,9H2,1-2H3. The Morgan fingerprint density at radius 3 is 2.50 bits per heavy atom. The number of aryl methyl sites for hydroxylation is 1. The van der Waals surface area contributed by atoms with Crippen LogP contribution in [0.3, 0.4) is 0 Å². The number of halogens is 1. The molecule has 0 atom stereocenters. The normalized spacial score (nSPS) is 11.2. The van der Waals surface area contributed by atoms with Gasteiger partial charge in [0.15, 0.2) is 5.03 Å². The predicted octanol–water partition coefficient (Wildman–Crippen LogP) is 2.70. The van der Waals surface area contributed by atoms with E-state index >= 15 is 0 Å². The average Bonchev–Trinajstić information content (AvgIpc) is 2.51. The molecule has 5 nitrogen and oxygen atoms in total. The summed E-state index contributed by atoms with van der Waals surface area (Å²) in [5.74, 6) is 0. The van der Waals surface area contributed by atoms with Crippen molar-refractivity contribution >= 4 is 21.6 Å². The first-order chi connectivity index (χ1) is 10.4. The molecule has 0 saturated carbocycles. The molecular formula is C15H14ClN3O2S. The summed E-state index contributed by atoms with van der Waals surface area (Å²) in [5, 5.41) is 9.24. The zero-order valence-electron chi connectivity index (χ0n) is 12.1. The van der Waals surface area contributed by atoms with Gasteiger partial charge in [-0.1, -0.05) is 41.9 Å². The number of nitriles is 1. The zero-order chi connectivity index (χ0) is 16.3. The van der Waals surface area contributed by atoms with Crippen molar-refractivity contribution in [2.45, 2.75) is 25.4 Å². The summed E-state index contributed by atoms with van der Waals surface area (Å²) in [6, 6.07) is 11.0. The molecule has 7 heteroatoms. The van der Waals surface area contributed by atoms with Gasteiger partial charge in [-0.25, -0.2) is 18.1 Å². The summed E-state index contributed by atoms with van der Waals surface area (Å²) in [6.45, 7) is 3.33. The summed E-state index contributed by atoms with van der Waals surface area (Å²) in [6.07, 6.45) is 0. The molecule has 0 amide bonds. The molecule has 0 saturated heterocycles. The minimum Gasteiger partial charge on any atom is -0.237 e. The average molecular weight is 336 g/mol. The number of sulfonamides is 1. The maximum Gasteiger partial charge on any atom is 0.259 e. The second-order valence-corrected chi connectivity index (χ2v) is 6.80. The van der Waals surface area contributed by atoms with E-state index in [-0.39, 0.29) is 17.1 Å². The summed E-state index contributed by atoms with van der Waals surface area (Å²) in [4.78, 5) is 3.98. The van der Waals surface area contributed by atoms with Crippen LogP contribution < -0.4 is 4.72 Å². The maximum atomic E-state index is 12.4. The fourth-order valence-electron chi connectivity index (χ4n) is 1.97.